The summed E-state index contributed by atoms with van der Waals surface area (Å²) in [5, 5.41) is 22.2. The van der Waals surface area contributed by atoms with Gasteiger partial charge in [0.25, 0.3) is 5.69 Å². The van der Waals surface area contributed by atoms with E-state index in [1.54, 1.807) is 6.07 Å². The quantitative estimate of drug-likeness (QED) is 0.585. The number of aliphatic hydroxyl groups excluding tert-OH is 1. The summed E-state index contributed by atoms with van der Waals surface area (Å²) in [5.41, 5.74) is 0.680. The minimum Gasteiger partial charge on any atom is -0.396 e. The number of carbonyl (C=O) groups is 1. The number of nitro benzene ring substituents is 1. The lowest BCUT2D eigenvalue weighted by Gasteiger charge is -2.13. The van der Waals surface area contributed by atoms with Gasteiger partial charge in [0.2, 0.25) is 5.91 Å². The summed E-state index contributed by atoms with van der Waals surface area (Å²) < 4.78 is 0.546. The zero-order chi connectivity index (χ0) is 15.1. The summed E-state index contributed by atoms with van der Waals surface area (Å²) in [6.45, 7) is 1.98. The second-order valence-electron chi connectivity index (χ2n) is 4.54. The monoisotopic (exact) mass is 344 g/mol. The van der Waals surface area contributed by atoms with E-state index in [9.17, 15) is 14.9 Å². The van der Waals surface area contributed by atoms with E-state index in [2.05, 4.69) is 21.2 Å². The first-order chi connectivity index (χ1) is 9.43. The van der Waals surface area contributed by atoms with Gasteiger partial charge >= 0.3 is 0 Å². The lowest BCUT2D eigenvalue weighted by Crippen LogP contribution is -2.33. The third-order valence-corrected chi connectivity index (χ3v) is 3.54. The summed E-state index contributed by atoms with van der Waals surface area (Å²) in [4.78, 5) is 22.0. The van der Waals surface area contributed by atoms with E-state index in [0.717, 1.165) is 0 Å². The number of nitro groups is 1. The van der Waals surface area contributed by atoms with Crippen LogP contribution in [-0.4, -0.2) is 28.6 Å². The lowest BCUT2D eigenvalue weighted by atomic mass is 10.1. The molecule has 0 radical (unpaired) electrons. The van der Waals surface area contributed by atoms with Crippen LogP contribution >= 0.6 is 15.9 Å². The van der Waals surface area contributed by atoms with Gasteiger partial charge in [0.15, 0.2) is 0 Å². The number of rotatable bonds is 7. The summed E-state index contributed by atoms with van der Waals surface area (Å²) in [6.07, 6.45) is 1.51. The zero-order valence-corrected chi connectivity index (χ0v) is 12.7. The van der Waals surface area contributed by atoms with Crippen LogP contribution in [0.5, 0.6) is 0 Å². The molecule has 0 aliphatic rings. The highest BCUT2D eigenvalue weighted by Crippen LogP contribution is 2.23. The third-order valence-electron chi connectivity index (χ3n) is 2.80. The molecule has 2 N–H and O–H groups in total. The SMILES string of the molecule is CC(CCCO)NC(=O)Cc1ccc([N+](=O)[O-])cc1Br. The highest BCUT2D eigenvalue weighted by Gasteiger charge is 2.13. The number of amides is 1. The zero-order valence-electron chi connectivity index (χ0n) is 11.1. The molecule has 0 saturated carbocycles. The van der Waals surface area contributed by atoms with Gasteiger partial charge in [-0.2, -0.15) is 0 Å². The van der Waals surface area contributed by atoms with E-state index < -0.39 is 4.92 Å². The average Bonchev–Trinajstić information content (AvgIpc) is 2.38. The Labute approximate surface area is 125 Å². The molecule has 0 fully saturated rings. The van der Waals surface area contributed by atoms with Crippen LogP contribution < -0.4 is 5.32 Å². The normalized spacial score (nSPS) is 11.9. The molecule has 0 spiro atoms. The van der Waals surface area contributed by atoms with Crippen molar-refractivity contribution >= 4 is 27.5 Å². The number of hydrogen-bond donors (Lipinski definition) is 2. The van der Waals surface area contributed by atoms with Crippen molar-refractivity contribution in [3.05, 3.63) is 38.3 Å². The molecule has 1 atom stereocenters. The van der Waals surface area contributed by atoms with Crippen LogP contribution in [0.15, 0.2) is 22.7 Å². The molecular formula is C13H17BrN2O4. The van der Waals surface area contributed by atoms with Crippen molar-refractivity contribution in [2.45, 2.75) is 32.2 Å². The molecule has 0 saturated heterocycles. The van der Waals surface area contributed by atoms with E-state index in [4.69, 9.17) is 5.11 Å². The Morgan fingerprint density at radius 2 is 2.25 bits per heavy atom. The Balaban J connectivity index is 2.60. The van der Waals surface area contributed by atoms with Gasteiger partial charge in [-0.05, 0) is 25.3 Å². The van der Waals surface area contributed by atoms with E-state index >= 15 is 0 Å². The maximum absolute atomic E-state index is 11.8. The molecule has 110 valence electrons. The smallest absolute Gasteiger partial charge is 0.270 e. The van der Waals surface area contributed by atoms with Crippen LogP contribution in [0.3, 0.4) is 0 Å². The molecular weight excluding hydrogens is 328 g/mol. The summed E-state index contributed by atoms with van der Waals surface area (Å²) in [7, 11) is 0. The van der Waals surface area contributed by atoms with Crippen molar-refractivity contribution in [2.24, 2.45) is 0 Å². The van der Waals surface area contributed by atoms with Crippen molar-refractivity contribution in [3.63, 3.8) is 0 Å². The Kier molecular flexibility index (Phi) is 6.60. The number of halogens is 1. The Morgan fingerprint density at radius 1 is 1.55 bits per heavy atom. The number of nitrogens with zero attached hydrogens (tertiary/aromatic N) is 1. The first kappa shape index (κ1) is 16.6. The summed E-state index contributed by atoms with van der Waals surface area (Å²) in [5.74, 6) is -0.148. The molecule has 1 rings (SSSR count). The van der Waals surface area contributed by atoms with Crippen molar-refractivity contribution in [1.82, 2.24) is 5.32 Å². The highest BCUT2D eigenvalue weighted by molar-refractivity contribution is 9.10. The predicted octanol–water partition coefficient (Wildman–Crippen LogP) is 2.18. The van der Waals surface area contributed by atoms with Crippen molar-refractivity contribution in [3.8, 4) is 0 Å². The Morgan fingerprint density at radius 3 is 2.80 bits per heavy atom. The Hall–Kier alpha value is -1.47. The Bertz CT molecular complexity index is 493. The fraction of sp³-hybridized carbons (Fsp3) is 0.462. The molecule has 0 aromatic heterocycles. The van der Waals surface area contributed by atoms with Gasteiger partial charge in [-0.1, -0.05) is 22.0 Å². The maximum atomic E-state index is 11.8. The minimum atomic E-state index is -0.481. The van der Waals surface area contributed by atoms with Crippen LogP contribution in [0.25, 0.3) is 0 Å². The molecule has 7 heteroatoms. The van der Waals surface area contributed by atoms with Gasteiger partial charge in [-0.25, -0.2) is 0 Å². The number of hydrogen-bond acceptors (Lipinski definition) is 4. The molecule has 0 heterocycles. The van der Waals surface area contributed by atoms with Crippen molar-refractivity contribution in [1.29, 1.82) is 0 Å². The van der Waals surface area contributed by atoms with Gasteiger partial charge < -0.3 is 10.4 Å². The standard InChI is InChI=1S/C13H17BrN2O4/c1-9(3-2-6-17)15-13(18)7-10-4-5-11(16(19)20)8-12(10)14/h4-5,8-9,17H,2-3,6-7H2,1H3,(H,15,18). The first-order valence-electron chi connectivity index (χ1n) is 6.27. The minimum absolute atomic E-state index is 0.00789. The van der Waals surface area contributed by atoms with E-state index in [1.807, 2.05) is 6.92 Å². The topological polar surface area (TPSA) is 92.5 Å². The predicted molar refractivity (Wildman–Crippen MR) is 78.4 cm³/mol. The number of non-ortho nitro benzene ring substituents is 1. The average molecular weight is 345 g/mol. The van der Waals surface area contributed by atoms with Crippen LogP contribution in [0.4, 0.5) is 5.69 Å². The van der Waals surface area contributed by atoms with Crippen LogP contribution in [0.1, 0.15) is 25.3 Å². The number of carbonyl (C=O) groups excluding carboxylic acids is 1. The first-order valence-corrected chi connectivity index (χ1v) is 7.06. The van der Waals surface area contributed by atoms with Crippen molar-refractivity contribution < 1.29 is 14.8 Å². The number of aliphatic hydroxyl groups is 1. The molecule has 6 nitrogen and oxygen atoms in total. The summed E-state index contributed by atoms with van der Waals surface area (Å²) in [6, 6.07) is 4.33. The van der Waals surface area contributed by atoms with E-state index in [1.165, 1.54) is 12.1 Å². The summed E-state index contributed by atoms with van der Waals surface area (Å²) >= 11 is 3.23. The van der Waals surface area contributed by atoms with Crippen LogP contribution in [0, 0.1) is 10.1 Å². The third kappa shape index (κ3) is 5.26. The molecule has 0 bridgehead atoms. The fourth-order valence-electron chi connectivity index (χ4n) is 1.76. The van der Waals surface area contributed by atoms with Gasteiger partial charge in [-0.3, -0.25) is 14.9 Å². The molecule has 0 aliphatic carbocycles. The van der Waals surface area contributed by atoms with Crippen LogP contribution in [0.2, 0.25) is 0 Å². The van der Waals surface area contributed by atoms with E-state index in [0.29, 0.717) is 22.9 Å². The van der Waals surface area contributed by atoms with E-state index in [-0.39, 0.29) is 30.7 Å². The second-order valence-corrected chi connectivity index (χ2v) is 5.40. The van der Waals surface area contributed by atoms with Crippen molar-refractivity contribution in [2.75, 3.05) is 6.61 Å². The molecule has 1 amide bonds. The van der Waals surface area contributed by atoms with Crippen LogP contribution in [-0.2, 0) is 11.2 Å². The molecule has 1 aromatic rings. The second kappa shape index (κ2) is 7.96. The lowest BCUT2D eigenvalue weighted by molar-refractivity contribution is -0.384. The highest BCUT2D eigenvalue weighted by atomic mass is 79.9. The fourth-order valence-corrected chi connectivity index (χ4v) is 2.27. The largest absolute Gasteiger partial charge is 0.396 e. The van der Waals surface area contributed by atoms with Gasteiger partial charge in [0, 0.05) is 29.3 Å². The molecule has 0 aliphatic heterocycles. The number of benzene rings is 1. The molecule has 1 unspecified atom stereocenters. The van der Waals surface area contributed by atoms with Gasteiger partial charge in [0.05, 0.1) is 11.3 Å². The number of nitrogens with one attached hydrogen (secondary N) is 1. The van der Waals surface area contributed by atoms with Gasteiger partial charge in [0.1, 0.15) is 0 Å². The molecule has 20 heavy (non-hydrogen) atoms. The van der Waals surface area contributed by atoms with Gasteiger partial charge in [-0.15, -0.1) is 0 Å². The maximum Gasteiger partial charge on any atom is 0.270 e. The molecule has 1 aromatic carbocycles.